The van der Waals surface area contributed by atoms with Gasteiger partial charge in [-0.1, -0.05) is 12.1 Å². The molecule has 2 aromatic heterocycles. The van der Waals surface area contributed by atoms with Gasteiger partial charge in [-0.2, -0.15) is 0 Å². The fourth-order valence-corrected chi connectivity index (χ4v) is 3.96. The van der Waals surface area contributed by atoms with Gasteiger partial charge in [0.25, 0.3) is 0 Å². The van der Waals surface area contributed by atoms with Gasteiger partial charge in [0.1, 0.15) is 25.9 Å². The first-order valence-electron chi connectivity index (χ1n) is 10.7. The quantitative estimate of drug-likeness (QED) is 0.288. The van der Waals surface area contributed by atoms with Gasteiger partial charge in [0.05, 0.1) is 24.6 Å². The predicted molar refractivity (Wildman–Crippen MR) is 127 cm³/mol. The largest absolute Gasteiger partial charge is 0.472 e. The first-order chi connectivity index (χ1) is 16.2. The van der Waals surface area contributed by atoms with Crippen molar-refractivity contribution in [2.24, 2.45) is 0 Å². The first-order valence-corrected chi connectivity index (χ1v) is 12.2. The second kappa shape index (κ2) is 12.2. The van der Waals surface area contributed by atoms with E-state index >= 15 is 0 Å². The highest BCUT2D eigenvalue weighted by Crippen LogP contribution is 2.43. The van der Waals surface area contributed by atoms with Crippen molar-refractivity contribution in [3.63, 3.8) is 0 Å². The molecule has 0 amide bonds. The zero-order valence-electron chi connectivity index (χ0n) is 19.0. The molecule has 0 saturated carbocycles. The Bertz CT molecular complexity index is 1030. The van der Waals surface area contributed by atoms with Gasteiger partial charge in [-0.25, -0.2) is 9.55 Å². The number of hydrogen-bond donors (Lipinski definition) is 1. The Morgan fingerprint density at radius 2 is 2.03 bits per heavy atom. The molecule has 0 bridgehead atoms. The number of ether oxygens (including phenoxy) is 2. The van der Waals surface area contributed by atoms with E-state index in [0.717, 1.165) is 11.4 Å². The van der Waals surface area contributed by atoms with E-state index < -0.39 is 32.0 Å². The van der Waals surface area contributed by atoms with E-state index in [4.69, 9.17) is 26.4 Å². The van der Waals surface area contributed by atoms with Crippen LogP contribution in [0.5, 0.6) is 0 Å². The summed E-state index contributed by atoms with van der Waals surface area (Å²) in [6.45, 7) is 1.16. The smallest absolute Gasteiger partial charge is 0.460 e. The minimum atomic E-state index is -4.35. The predicted octanol–water partition coefficient (Wildman–Crippen LogP) is 2.43. The fourth-order valence-electron chi connectivity index (χ4n) is 3.24. The number of esters is 1. The average Bonchev–Trinajstić information content (AvgIpc) is 3.15. The molecule has 1 saturated heterocycles. The van der Waals surface area contributed by atoms with Crippen LogP contribution in [0.25, 0.3) is 12.2 Å². The van der Waals surface area contributed by atoms with Crippen molar-refractivity contribution in [3.8, 4) is 0 Å². The van der Waals surface area contributed by atoms with E-state index in [9.17, 15) is 14.3 Å². The molecule has 10 nitrogen and oxygen atoms in total. The van der Waals surface area contributed by atoms with E-state index in [0.29, 0.717) is 5.82 Å². The fraction of sp³-hybridized carbons (Fsp3) is 0.409. The van der Waals surface area contributed by atoms with Crippen LogP contribution in [0.2, 0.25) is 0 Å². The van der Waals surface area contributed by atoms with Crippen LogP contribution in [0.1, 0.15) is 24.7 Å². The third kappa shape index (κ3) is 8.34. The molecular formula is C22H27BN3O7P. The maximum Gasteiger partial charge on any atom is 0.472 e. The molecule has 0 spiro atoms. The summed E-state index contributed by atoms with van der Waals surface area (Å²) in [4.78, 5) is 31.8. The van der Waals surface area contributed by atoms with Gasteiger partial charge in [-0.3, -0.25) is 18.8 Å². The number of rotatable bonds is 11. The Balaban J connectivity index is 1.46. The van der Waals surface area contributed by atoms with Crippen LogP contribution in [0.15, 0.2) is 42.6 Å². The average molecular weight is 487 g/mol. The molecule has 0 aliphatic carbocycles. The maximum atomic E-state index is 12.2. The minimum Gasteiger partial charge on any atom is -0.460 e. The third-order valence-electron chi connectivity index (χ3n) is 4.89. The Labute approximate surface area is 199 Å². The number of likely N-dealkylation sites (N-methyl/N-ethyl adjacent to an activating group) is 1. The second-order valence-electron chi connectivity index (χ2n) is 7.62. The van der Waals surface area contributed by atoms with Crippen molar-refractivity contribution in [3.05, 3.63) is 54.0 Å². The zero-order chi connectivity index (χ0) is 24.6. The van der Waals surface area contributed by atoms with Crippen LogP contribution in [0.4, 0.5) is 5.82 Å². The zero-order valence-corrected chi connectivity index (χ0v) is 19.9. The number of phosphoric ester groups is 1. The standard InChI is InChI=1S/C22H27BN3O7P/c1-16(27)32-19-14-21(23)33-20(19)15-31-34(28,29)30-13-12-26(2)22-8-5-7-18(25-22)10-9-17-6-3-4-11-24-17/h3-11,19-21H,12-15H2,1-2H3,(H,28,29)/b10-9+/t19?,20-,21-/m1/s1. The highest BCUT2D eigenvalue weighted by atomic mass is 31.2. The monoisotopic (exact) mass is 487 g/mol. The normalized spacial score (nSPS) is 21.9. The number of pyridine rings is 2. The van der Waals surface area contributed by atoms with Gasteiger partial charge in [-0.05, 0) is 36.4 Å². The van der Waals surface area contributed by atoms with E-state index in [1.54, 1.807) is 18.1 Å². The van der Waals surface area contributed by atoms with E-state index in [1.165, 1.54) is 6.92 Å². The molecule has 1 aliphatic heterocycles. The van der Waals surface area contributed by atoms with Crippen LogP contribution < -0.4 is 4.90 Å². The lowest BCUT2D eigenvalue weighted by molar-refractivity contribution is -0.149. The minimum absolute atomic E-state index is 0.0849. The number of hydrogen-bond acceptors (Lipinski definition) is 9. The van der Waals surface area contributed by atoms with E-state index in [-0.39, 0.29) is 26.2 Å². The lowest BCUT2D eigenvalue weighted by Crippen LogP contribution is -2.30. The molecule has 1 N–H and O–H groups in total. The topological polar surface area (TPSA) is 120 Å². The van der Waals surface area contributed by atoms with Crippen molar-refractivity contribution in [1.82, 2.24) is 9.97 Å². The first kappa shape index (κ1) is 26.1. The van der Waals surface area contributed by atoms with Crippen molar-refractivity contribution < 1.29 is 32.8 Å². The number of phosphoric acid groups is 1. The third-order valence-corrected chi connectivity index (χ3v) is 5.87. The highest BCUT2D eigenvalue weighted by Gasteiger charge is 2.37. The lowest BCUT2D eigenvalue weighted by Gasteiger charge is -2.21. The van der Waals surface area contributed by atoms with Gasteiger partial charge < -0.3 is 19.3 Å². The number of nitrogens with zero attached hydrogens (tertiary/aromatic N) is 3. The number of carbonyl (C=O) groups is 1. The Morgan fingerprint density at radius 1 is 1.26 bits per heavy atom. The van der Waals surface area contributed by atoms with Gasteiger partial charge in [-0.15, -0.1) is 0 Å². The molecule has 4 atom stereocenters. The number of aromatic nitrogens is 2. The van der Waals surface area contributed by atoms with E-state index in [1.807, 2.05) is 48.6 Å². The summed E-state index contributed by atoms with van der Waals surface area (Å²) < 4.78 is 32.8. The van der Waals surface area contributed by atoms with E-state index in [2.05, 4.69) is 9.97 Å². The number of carbonyl (C=O) groups excluding carboxylic acids is 1. The van der Waals surface area contributed by atoms with Crippen molar-refractivity contribution in [2.45, 2.75) is 31.6 Å². The summed E-state index contributed by atoms with van der Waals surface area (Å²) >= 11 is 0. The summed E-state index contributed by atoms with van der Waals surface area (Å²) in [6, 6.07) is 10.6. The Morgan fingerprint density at radius 3 is 2.76 bits per heavy atom. The molecule has 3 heterocycles. The van der Waals surface area contributed by atoms with Crippen LogP contribution >= 0.6 is 7.82 Å². The van der Waals surface area contributed by atoms with Gasteiger partial charge in [0.2, 0.25) is 0 Å². The summed E-state index contributed by atoms with van der Waals surface area (Å²) in [7, 11) is 3.14. The number of anilines is 1. The molecule has 2 radical (unpaired) electrons. The van der Waals surface area contributed by atoms with Crippen LogP contribution in [0, 0.1) is 0 Å². The second-order valence-corrected chi connectivity index (χ2v) is 9.08. The summed E-state index contributed by atoms with van der Waals surface area (Å²) in [5.41, 5.74) is 1.56. The van der Waals surface area contributed by atoms with Gasteiger partial charge >= 0.3 is 13.8 Å². The highest BCUT2D eigenvalue weighted by molar-refractivity contribution is 7.47. The molecule has 1 fully saturated rings. The van der Waals surface area contributed by atoms with Crippen molar-refractivity contribution >= 4 is 39.6 Å². The lowest BCUT2D eigenvalue weighted by atomic mass is 9.96. The van der Waals surface area contributed by atoms with Crippen molar-refractivity contribution in [1.29, 1.82) is 0 Å². The summed E-state index contributed by atoms with van der Waals surface area (Å²) in [6.07, 6.45) is 4.31. The molecule has 12 heteroatoms. The van der Waals surface area contributed by atoms with Gasteiger partial charge in [0.15, 0.2) is 0 Å². The molecule has 0 aromatic carbocycles. The molecule has 34 heavy (non-hydrogen) atoms. The van der Waals surface area contributed by atoms with Crippen LogP contribution in [-0.4, -0.2) is 73.7 Å². The molecular weight excluding hydrogens is 460 g/mol. The summed E-state index contributed by atoms with van der Waals surface area (Å²) in [5.74, 6) is 0.169. The maximum absolute atomic E-state index is 12.2. The Hall–Kier alpha value is -2.56. The van der Waals surface area contributed by atoms with Crippen molar-refractivity contribution in [2.75, 3.05) is 31.7 Å². The van der Waals surface area contributed by atoms with Crippen LogP contribution in [0.3, 0.4) is 0 Å². The molecule has 2 aromatic rings. The Kier molecular flexibility index (Phi) is 9.38. The SMILES string of the molecule is [B][C@H]1CC(OC(C)=O)[C@@H](COP(=O)(O)OCCN(C)c2cccc(/C=C/c3ccccn3)n2)O1. The molecule has 180 valence electrons. The molecule has 1 aliphatic rings. The molecule has 2 unspecified atom stereocenters. The van der Waals surface area contributed by atoms with Crippen LogP contribution in [-0.2, 0) is 27.9 Å². The van der Waals surface area contributed by atoms with Gasteiger partial charge in [0, 0.05) is 39.1 Å². The molecule has 3 rings (SSSR count). The summed E-state index contributed by atoms with van der Waals surface area (Å²) in [5, 5.41) is 0.